The van der Waals surface area contributed by atoms with Gasteiger partial charge in [0, 0.05) is 17.2 Å². The average molecular weight is 307 g/mol. The van der Waals surface area contributed by atoms with Gasteiger partial charge in [-0.15, -0.1) is 0 Å². The molecule has 1 saturated carbocycles. The van der Waals surface area contributed by atoms with Crippen LogP contribution in [0.5, 0.6) is 0 Å². The molecule has 1 aliphatic carbocycles. The highest BCUT2D eigenvalue weighted by atomic mass is 32.2. The van der Waals surface area contributed by atoms with Gasteiger partial charge in [0.1, 0.15) is 0 Å². The summed E-state index contributed by atoms with van der Waals surface area (Å²) in [6.07, 6.45) is 3.54. The third kappa shape index (κ3) is 3.41. The van der Waals surface area contributed by atoms with E-state index in [0.717, 1.165) is 11.8 Å². The van der Waals surface area contributed by atoms with E-state index in [9.17, 15) is 8.42 Å². The van der Waals surface area contributed by atoms with Gasteiger partial charge in [0.05, 0.1) is 6.26 Å². The number of sulfonamides is 1. The Morgan fingerprint density at radius 2 is 2.14 bits per heavy atom. The van der Waals surface area contributed by atoms with Crippen molar-refractivity contribution in [3.8, 4) is 11.4 Å². The molecule has 112 valence electrons. The minimum atomic E-state index is -3.30. The molecular weight excluding hydrogens is 290 g/mol. The number of nitrogens with zero attached hydrogens (tertiary/aromatic N) is 2. The van der Waals surface area contributed by atoms with Gasteiger partial charge >= 0.3 is 0 Å². The summed E-state index contributed by atoms with van der Waals surface area (Å²) in [4.78, 5) is 4.42. The van der Waals surface area contributed by atoms with Crippen molar-refractivity contribution in [3.63, 3.8) is 0 Å². The normalized spacial score (nSPS) is 16.7. The van der Waals surface area contributed by atoms with Gasteiger partial charge in [-0.3, -0.25) is 4.72 Å². The predicted octanol–water partition coefficient (Wildman–Crippen LogP) is 2.62. The van der Waals surface area contributed by atoms with Crippen LogP contribution in [0.3, 0.4) is 0 Å². The Morgan fingerprint density at radius 3 is 2.81 bits per heavy atom. The first-order valence-electron chi connectivity index (χ1n) is 6.84. The molecule has 0 aliphatic heterocycles. The van der Waals surface area contributed by atoms with E-state index in [4.69, 9.17) is 4.52 Å². The van der Waals surface area contributed by atoms with Crippen molar-refractivity contribution in [1.29, 1.82) is 0 Å². The molecular formula is C14H17N3O3S. The third-order valence-corrected chi connectivity index (χ3v) is 4.19. The summed E-state index contributed by atoms with van der Waals surface area (Å²) in [5, 5.41) is 3.99. The molecule has 1 aromatic heterocycles. The van der Waals surface area contributed by atoms with Crippen LogP contribution in [0.1, 0.15) is 31.6 Å². The molecule has 1 atom stereocenters. The molecule has 1 aromatic carbocycles. The maximum Gasteiger partial charge on any atom is 0.230 e. The van der Waals surface area contributed by atoms with Crippen LogP contribution in [0, 0.1) is 5.92 Å². The van der Waals surface area contributed by atoms with E-state index >= 15 is 0 Å². The molecule has 0 radical (unpaired) electrons. The van der Waals surface area contributed by atoms with E-state index in [1.54, 1.807) is 18.2 Å². The van der Waals surface area contributed by atoms with Crippen molar-refractivity contribution in [2.45, 2.75) is 25.7 Å². The average Bonchev–Trinajstić information content (AvgIpc) is 3.13. The van der Waals surface area contributed by atoms with E-state index in [1.807, 2.05) is 6.07 Å². The van der Waals surface area contributed by atoms with Crippen molar-refractivity contribution in [2.75, 3.05) is 11.0 Å². The first-order chi connectivity index (χ1) is 9.92. The van der Waals surface area contributed by atoms with Crippen LogP contribution < -0.4 is 4.72 Å². The first-order valence-corrected chi connectivity index (χ1v) is 8.73. The van der Waals surface area contributed by atoms with E-state index in [0.29, 0.717) is 23.3 Å². The van der Waals surface area contributed by atoms with Crippen LogP contribution in [-0.2, 0) is 10.0 Å². The summed E-state index contributed by atoms with van der Waals surface area (Å²) < 4.78 is 30.3. The minimum absolute atomic E-state index is 0.281. The van der Waals surface area contributed by atoms with Crippen LogP contribution in [0.25, 0.3) is 11.4 Å². The maximum absolute atomic E-state index is 11.3. The number of aromatic nitrogens is 2. The molecule has 0 unspecified atom stereocenters. The Kier molecular flexibility index (Phi) is 3.44. The predicted molar refractivity (Wildman–Crippen MR) is 79.3 cm³/mol. The summed E-state index contributed by atoms with van der Waals surface area (Å²) in [7, 11) is -3.30. The van der Waals surface area contributed by atoms with Crippen molar-refractivity contribution in [3.05, 3.63) is 30.2 Å². The highest BCUT2D eigenvalue weighted by Gasteiger charge is 2.32. The Bertz CT molecular complexity index is 750. The number of hydrogen-bond donors (Lipinski definition) is 1. The van der Waals surface area contributed by atoms with Crippen molar-refractivity contribution in [2.24, 2.45) is 5.92 Å². The zero-order valence-electron chi connectivity index (χ0n) is 11.9. The molecule has 6 nitrogen and oxygen atoms in total. The quantitative estimate of drug-likeness (QED) is 0.917. The Balaban J connectivity index is 1.85. The van der Waals surface area contributed by atoms with Gasteiger partial charge in [-0.05, 0) is 30.9 Å². The number of nitrogens with one attached hydrogen (secondary N) is 1. The smallest absolute Gasteiger partial charge is 0.230 e. The monoisotopic (exact) mass is 307 g/mol. The summed E-state index contributed by atoms with van der Waals surface area (Å²) >= 11 is 0. The Labute approximate surface area is 123 Å². The summed E-state index contributed by atoms with van der Waals surface area (Å²) in [6.45, 7) is 2.09. The van der Waals surface area contributed by atoms with E-state index < -0.39 is 10.0 Å². The lowest BCUT2D eigenvalue weighted by atomic mass is 10.1. The molecule has 0 saturated heterocycles. The topological polar surface area (TPSA) is 85.1 Å². The fourth-order valence-corrected chi connectivity index (χ4v) is 2.83. The van der Waals surface area contributed by atoms with Crippen molar-refractivity contribution >= 4 is 15.7 Å². The molecule has 1 heterocycles. The van der Waals surface area contributed by atoms with Gasteiger partial charge in [0.2, 0.25) is 21.7 Å². The number of rotatable bonds is 5. The molecule has 21 heavy (non-hydrogen) atoms. The van der Waals surface area contributed by atoms with E-state index in [-0.39, 0.29) is 5.92 Å². The lowest BCUT2D eigenvalue weighted by Crippen LogP contribution is -2.09. The number of hydrogen-bond acceptors (Lipinski definition) is 5. The largest absolute Gasteiger partial charge is 0.339 e. The zero-order valence-corrected chi connectivity index (χ0v) is 12.7. The van der Waals surface area contributed by atoms with Crippen molar-refractivity contribution < 1.29 is 12.9 Å². The lowest BCUT2D eigenvalue weighted by molar-refractivity contribution is 0.349. The van der Waals surface area contributed by atoms with Gasteiger partial charge in [-0.2, -0.15) is 4.98 Å². The molecule has 7 heteroatoms. The highest BCUT2D eigenvalue weighted by molar-refractivity contribution is 7.92. The fraction of sp³-hybridized carbons (Fsp3) is 0.429. The van der Waals surface area contributed by atoms with Crippen LogP contribution in [0.4, 0.5) is 5.69 Å². The standard InChI is InChI=1S/C14H17N3O3S/c1-9(10-6-7-10)14-15-13(16-20-14)11-4-3-5-12(8-11)17-21(2,18)19/h3-5,8-10,17H,6-7H2,1-2H3/t9-/m0/s1. The molecule has 2 aromatic rings. The summed E-state index contributed by atoms with van der Waals surface area (Å²) in [5.41, 5.74) is 1.21. The van der Waals surface area contributed by atoms with Crippen LogP contribution in [-0.4, -0.2) is 24.8 Å². The van der Waals surface area contributed by atoms with Gasteiger partial charge in [0.25, 0.3) is 0 Å². The summed E-state index contributed by atoms with van der Waals surface area (Å²) in [5.74, 6) is 2.06. The van der Waals surface area contributed by atoms with Crippen LogP contribution >= 0.6 is 0 Å². The summed E-state index contributed by atoms with van der Waals surface area (Å²) in [6, 6.07) is 6.95. The molecule has 3 rings (SSSR count). The lowest BCUT2D eigenvalue weighted by Gasteiger charge is -2.04. The number of anilines is 1. The zero-order chi connectivity index (χ0) is 15.0. The fourth-order valence-electron chi connectivity index (χ4n) is 2.27. The molecule has 1 fully saturated rings. The van der Waals surface area contributed by atoms with Crippen LogP contribution in [0.15, 0.2) is 28.8 Å². The van der Waals surface area contributed by atoms with Crippen LogP contribution in [0.2, 0.25) is 0 Å². The Morgan fingerprint density at radius 1 is 1.38 bits per heavy atom. The van der Waals surface area contributed by atoms with E-state index in [1.165, 1.54) is 12.8 Å². The molecule has 0 spiro atoms. The highest BCUT2D eigenvalue weighted by Crippen LogP contribution is 2.41. The molecule has 0 amide bonds. The minimum Gasteiger partial charge on any atom is -0.339 e. The molecule has 0 bridgehead atoms. The maximum atomic E-state index is 11.3. The molecule has 1 aliphatic rings. The first kappa shape index (κ1) is 14.1. The van der Waals surface area contributed by atoms with E-state index in [2.05, 4.69) is 21.8 Å². The van der Waals surface area contributed by atoms with Gasteiger partial charge in [-0.1, -0.05) is 24.2 Å². The van der Waals surface area contributed by atoms with Gasteiger partial charge < -0.3 is 4.52 Å². The number of benzene rings is 1. The SMILES string of the molecule is C[C@H](c1nc(-c2cccc(NS(C)(=O)=O)c2)no1)C1CC1. The molecule has 1 N–H and O–H groups in total. The second-order valence-electron chi connectivity index (χ2n) is 5.54. The Hall–Kier alpha value is -1.89. The van der Waals surface area contributed by atoms with Gasteiger partial charge in [0.15, 0.2) is 0 Å². The third-order valence-electron chi connectivity index (χ3n) is 3.58. The van der Waals surface area contributed by atoms with Gasteiger partial charge in [-0.25, -0.2) is 8.42 Å². The van der Waals surface area contributed by atoms with Crippen molar-refractivity contribution in [1.82, 2.24) is 10.1 Å². The second kappa shape index (κ2) is 5.14. The second-order valence-corrected chi connectivity index (χ2v) is 7.29.